The summed E-state index contributed by atoms with van der Waals surface area (Å²) in [5.74, 6) is 1.09. The molecule has 0 amide bonds. The van der Waals surface area contributed by atoms with Gasteiger partial charge in [-0.2, -0.15) is 0 Å². The Kier molecular flexibility index (Phi) is 3.20. The van der Waals surface area contributed by atoms with Gasteiger partial charge in [0, 0.05) is 26.1 Å². The molecule has 3 aromatic rings. The average molecular weight is 277 g/mol. The summed E-state index contributed by atoms with van der Waals surface area (Å²) in [6.45, 7) is 3.28. The summed E-state index contributed by atoms with van der Waals surface area (Å²) in [4.78, 5) is 10.6. The van der Waals surface area contributed by atoms with E-state index in [2.05, 4.69) is 51.3 Å². The normalized spacial score (nSPS) is 15.2. The van der Waals surface area contributed by atoms with E-state index in [1.54, 1.807) is 0 Å². The van der Waals surface area contributed by atoms with Gasteiger partial charge in [-0.25, -0.2) is 4.98 Å². The Bertz CT molecular complexity index is 727. The van der Waals surface area contributed by atoms with E-state index in [0.717, 1.165) is 49.3 Å². The average Bonchev–Trinajstić information content (AvgIpc) is 2.95. The number of nitrogens with zero attached hydrogens (tertiary/aromatic N) is 2. The standard InChI is InChI=1S/C18H19N3/c1-2-6-15-13-21(11-9-14(15)5-1)12-10-18-19-16-7-3-4-8-17(16)20-18/h1-8H,9-13H2,(H,19,20). The molecule has 0 unspecified atom stereocenters. The second-order valence-electron chi connectivity index (χ2n) is 5.75. The number of imidazole rings is 1. The molecule has 1 aliphatic heterocycles. The lowest BCUT2D eigenvalue weighted by atomic mass is 10.00. The van der Waals surface area contributed by atoms with E-state index in [1.165, 1.54) is 11.1 Å². The van der Waals surface area contributed by atoms with Crippen LogP contribution in [-0.2, 0) is 19.4 Å². The molecule has 0 saturated carbocycles. The van der Waals surface area contributed by atoms with Crippen molar-refractivity contribution in [3.63, 3.8) is 0 Å². The monoisotopic (exact) mass is 277 g/mol. The van der Waals surface area contributed by atoms with Gasteiger partial charge < -0.3 is 4.98 Å². The lowest BCUT2D eigenvalue weighted by molar-refractivity contribution is 0.256. The summed E-state index contributed by atoms with van der Waals surface area (Å²) in [6.07, 6.45) is 2.15. The van der Waals surface area contributed by atoms with Gasteiger partial charge in [0.2, 0.25) is 0 Å². The van der Waals surface area contributed by atoms with Gasteiger partial charge in [-0.05, 0) is 29.7 Å². The molecule has 0 aliphatic carbocycles. The number of rotatable bonds is 3. The third-order valence-electron chi connectivity index (χ3n) is 4.31. The highest BCUT2D eigenvalue weighted by Crippen LogP contribution is 2.18. The molecule has 21 heavy (non-hydrogen) atoms. The molecule has 0 spiro atoms. The first-order valence-electron chi connectivity index (χ1n) is 7.61. The molecule has 2 aromatic carbocycles. The molecule has 1 aromatic heterocycles. The van der Waals surface area contributed by atoms with Crippen LogP contribution in [-0.4, -0.2) is 28.0 Å². The Labute approximate surface area is 124 Å². The zero-order chi connectivity index (χ0) is 14.1. The predicted octanol–water partition coefficient (Wildman–Crippen LogP) is 3.16. The number of fused-ring (bicyclic) bond motifs is 2. The summed E-state index contributed by atoms with van der Waals surface area (Å²) < 4.78 is 0. The van der Waals surface area contributed by atoms with Crippen molar-refractivity contribution < 1.29 is 0 Å². The molecule has 0 radical (unpaired) electrons. The molecular weight excluding hydrogens is 258 g/mol. The fraction of sp³-hybridized carbons (Fsp3) is 0.278. The Hall–Kier alpha value is -2.13. The number of hydrogen-bond donors (Lipinski definition) is 1. The minimum atomic E-state index is 0.983. The van der Waals surface area contributed by atoms with E-state index in [1.807, 2.05) is 12.1 Å². The number of H-pyrrole nitrogens is 1. The second-order valence-corrected chi connectivity index (χ2v) is 5.75. The maximum Gasteiger partial charge on any atom is 0.108 e. The molecule has 1 aliphatic rings. The van der Waals surface area contributed by atoms with Gasteiger partial charge in [0.15, 0.2) is 0 Å². The lowest BCUT2D eigenvalue weighted by Crippen LogP contribution is -2.32. The van der Waals surface area contributed by atoms with Gasteiger partial charge in [0.05, 0.1) is 11.0 Å². The van der Waals surface area contributed by atoms with Crippen LogP contribution in [0.5, 0.6) is 0 Å². The molecule has 106 valence electrons. The van der Waals surface area contributed by atoms with Crippen molar-refractivity contribution >= 4 is 11.0 Å². The Morgan fingerprint density at radius 1 is 1.00 bits per heavy atom. The first-order chi connectivity index (χ1) is 10.4. The first-order valence-corrected chi connectivity index (χ1v) is 7.61. The van der Waals surface area contributed by atoms with Crippen LogP contribution in [0.25, 0.3) is 11.0 Å². The van der Waals surface area contributed by atoms with Crippen LogP contribution in [0.1, 0.15) is 17.0 Å². The summed E-state index contributed by atoms with van der Waals surface area (Å²) >= 11 is 0. The second kappa shape index (κ2) is 5.34. The zero-order valence-electron chi connectivity index (χ0n) is 12.0. The number of aromatic amines is 1. The third kappa shape index (κ3) is 2.57. The first kappa shape index (κ1) is 12.6. The van der Waals surface area contributed by atoms with Gasteiger partial charge in [-0.3, -0.25) is 4.90 Å². The smallest absolute Gasteiger partial charge is 0.108 e. The van der Waals surface area contributed by atoms with E-state index in [0.29, 0.717) is 0 Å². The number of benzene rings is 2. The van der Waals surface area contributed by atoms with Crippen molar-refractivity contribution in [3.8, 4) is 0 Å². The Balaban J connectivity index is 1.43. The van der Waals surface area contributed by atoms with Crippen molar-refractivity contribution in [2.24, 2.45) is 0 Å². The van der Waals surface area contributed by atoms with Gasteiger partial charge in [0.25, 0.3) is 0 Å². The molecule has 3 nitrogen and oxygen atoms in total. The van der Waals surface area contributed by atoms with Crippen LogP contribution in [0.3, 0.4) is 0 Å². The molecule has 1 N–H and O–H groups in total. The minimum Gasteiger partial charge on any atom is -0.342 e. The van der Waals surface area contributed by atoms with E-state index in [9.17, 15) is 0 Å². The lowest BCUT2D eigenvalue weighted by Gasteiger charge is -2.28. The van der Waals surface area contributed by atoms with Gasteiger partial charge in [-0.15, -0.1) is 0 Å². The zero-order valence-corrected chi connectivity index (χ0v) is 12.0. The molecule has 0 atom stereocenters. The van der Waals surface area contributed by atoms with Crippen LogP contribution < -0.4 is 0 Å². The summed E-state index contributed by atoms with van der Waals surface area (Å²) in [5.41, 5.74) is 5.19. The maximum atomic E-state index is 4.66. The highest BCUT2D eigenvalue weighted by Gasteiger charge is 2.15. The van der Waals surface area contributed by atoms with Crippen LogP contribution in [0.2, 0.25) is 0 Å². The van der Waals surface area contributed by atoms with Gasteiger partial charge in [-0.1, -0.05) is 36.4 Å². The van der Waals surface area contributed by atoms with Crippen molar-refractivity contribution in [3.05, 3.63) is 65.5 Å². The quantitative estimate of drug-likeness (QED) is 0.797. The Morgan fingerprint density at radius 3 is 2.71 bits per heavy atom. The van der Waals surface area contributed by atoms with Crippen LogP contribution in [0, 0.1) is 0 Å². The molecule has 2 heterocycles. The fourth-order valence-corrected chi connectivity index (χ4v) is 3.13. The summed E-state index contributed by atoms with van der Waals surface area (Å²) in [5, 5.41) is 0. The molecule has 4 rings (SSSR count). The van der Waals surface area contributed by atoms with Gasteiger partial charge >= 0.3 is 0 Å². The van der Waals surface area contributed by atoms with E-state index in [4.69, 9.17) is 0 Å². The fourth-order valence-electron chi connectivity index (χ4n) is 3.13. The number of para-hydroxylation sites is 2. The predicted molar refractivity (Wildman–Crippen MR) is 85.2 cm³/mol. The maximum absolute atomic E-state index is 4.66. The highest BCUT2D eigenvalue weighted by molar-refractivity contribution is 5.74. The molecule has 0 bridgehead atoms. The number of hydrogen-bond acceptors (Lipinski definition) is 2. The van der Waals surface area contributed by atoms with E-state index < -0.39 is 0 Å². The Morgan fingerprint density at radius 2 is 1.81 bits per heavy atom. The topological polar surface area (TPSA) is 31.9 Å². The van der Waals surface area contributed by atoms with Crippen LogP contribution in [0.15, 0.2) is 48.5 Å². The molecule has 0 saturated heterocycles. The van der Waals surface area contributed by atoms with Crippen molar-refractivity contribution in [2.75, 3.05) is 13.1 Å². The van der Waals surface area contributed by atoms with Crippen LogP contribution in [0.4, 0.5) is 0 Å². The summed E-state index contributed by atoms with van der Waals surface area (Å²) in [7, 11) is 0. The summed E-state index contributed by atoms with van der Waals surface area (Å²) in [6, 6.07) is 17.0. The number of aromatic nitrogens is 2. The highest BCUT2D eigenvalue weighted by atomic mass is 15.1. The largest absolute Gasteiger partial charge is 0.342 e. The van der Waals surface area contributed by atoms with Gasteiger partial charge in [0.1, 0.15) is 5.82 Å². The number of nitrogens with one attached hydrogen (secondary N) is 1. The molecular formula is C18H19N3. The van der Waals surface area contributed by atoms with E-state index in [-0.39, 0.29) is 0 Å². The van der Waals surface area contributed by atoms with Crippen molar-refractivity contribution in [2.45, 2.75) is 19.4 Å². The van der Waals surface area contributed by atoms with Crippen molar-refractivity contribution in [1.29, 1.82) is 0 Å². The van der Waals surface area contributed by atoms with E-state index >= 15 is 0 Å². The SMILES string of the molecule is c1ccc2c(c1)CCN(CCc1nc3ccccc3[nH]1)C2. The van der Waals surface area contributed by atoms with Crippen molar-refractivity contribution in [1.82, 2.24) is 14.9 Å². The molecule has 0 fully saturated rings. The van der Waals surface area contributed by atoms with Crippen LogP contribution >= 0.6 is 0 Å². The third-order valence-corrected chi connectivity index (χ3v) is 4.31. The minimum absolute atomic E-state index is 0.983. The molecule has 3 heteroatoms.